The molecular formula is C42H56O7. The second kappa shape index (κ2) is 12.0. The third-order valence-corrected chi connectivity index (χ3v) is 15.6. The van der Waals surface area contributed by atoms with Crippen molar-refractivity contribution in [3.05, 3.63) is 47.0 Å². The standard InChI is InChI=1S/C42H56O7/c1-24-25(2)37(49-33(24)22-43)38(45)41(5,46)34-20-28-13-14-30-35-31-16-18-40(34,4)42(28,35)48-19-9-12-27(26-10-7-6-8-11-26)23-47-29-15-17-39(31,3)32(21-29)36(30)44/h6-8,10-11,24-25,27-29,31-34,37-38,43,45-46H,13-23H2,1-5H3/t24-,25-,27-,28-,29+,31+,32+,33+,34+,37+,38-,39-,40-,41+,42-/m1/s1. The van der Waals surface area contributed by atoms with Crippen LogP contribution in [-0.2, 0) is 19.0 Å². The van der Waals surface area contributed by atoms with Crippen LogP contribution in [-0.4, -0.2) is 76.5 Å². The van der Waals surface area contributed by atoms with Crippen molar-refractivity contribution in [1.29, 1.82) is 0 Å². The molecule has 9 aliphatic rings. The number of ketones is 1. The number of Topliss-reactive ketones (excluding diaryl/α,β-unsaturated/α-hetero) is 1. The van der Waals surface area contributed by atoms with Gasteiger partial charge in [-0.3, -0.25) is 4.79 Å². The number of aliphatic hydroxyl groups excluding tert-OH is 2. The maximum Gasteiger partial charge on any atom is 0.162 e. The first-order valence-electron chi connectivity index (χ1n) is 19.1. The number of aliphatic hydroxyl groups is 3. The first-order chi connectivity index (χ1) is 23.4. The molecule has 1 aromatic carbocycles. The highest BCUT2D eigenvalue weighted by Gasteiger charge is 2.75. The molecule has 1 spiro atoms. The monoisotopic (exact) mass is 672 g/mol. The van der Waals surface area contributed by atoms with E-state index in [1.54, 1.807) is 6.92 Å². The van der Waals surface area contributed by atoms with Crippen LogP contribution in [0.1, 0.15) is 97.5 Å². The van der Waals surface area contributed by atoms with E-state index in [4.69, 9.17) is 14.2 Å². The molecule has 0 amide bonds. The lowest BCUT2D eigenvalue weighted by atomic mass is 9.42. The minimum Gasteiger partial charge on any atom is -0.394 e. The second-order valence-corrected chi connectivity index (χ2v) is 17.6. The van der Waals surface area contributed by atoms with Crippen LogP contribution < -0.4 is 0 Å². The summed E-state index contributed by atoms with van der Waals surface area (Å²) in [4.78, 5) is 14.8. The van der Waals surface area contributed by atoms with Crippen LogP contribution in [0.15, 0.2) is 41.5 Å². The largest absolute Gasteiger partial charge is 0.394 e. The Labute approximate surface area is 292 Å². The van der Waals surface area contributed by atoms with Crippen molar-refractivity contribution >= 4 is 5.78 Å². The van der Waals surface area contributed by atoms with Gasteiger partial charge in [-0.25, -0.2) is 0 Å². The van der Waals surface area contributed by atoms with Gasteiger partial charge >= 0.3 is 0 Å². The lowest BCUT2D eigenvalue weighted by Crippen LogP contribution is -2.66. The molecule has 3 saturated carbocycles. The minimum atomic E-state index is -1.48. The highest BCUT2D eigenvalue weighted by Crippen LogP contribution is 2.74. The van der Waals surface area contributed by atoms with E-state index >= 15 is 0 Å². The first-order valence-corrected chi connectivity index (χ1v) is 19.1. The minimum absolute atomic E-state index is 0.0243. The molecule has 3 N–H and O–H groups in total. The summed E-state index contributed by atoms with van der Waals surface area (Å²) in [6.07, 6.45) is 4.61. The maximum atomic E-state index is 14.8. The van der Waals surface area contributed by atoms with Crippen LogP contribution in [0.3, 0.4) is 0 Å². The molecule has 266 valence electrons. The van der Waals surface area contributed by atoms with Crippen molar-refractivity contribution in [2.45, 2.75) is 128 Å². The molecule has 1 aromatic rings. The van der Waals surface area contributed by atoms with Crippen LogP contribution in [0.5, 0.6) is 0 Å². The van der Waals surface area contributed by atoms with E-state index < -0.39 is 28.8 Å². The maximum absolute atomic E-state index is 14.8. The lowest BCUT2D eigenvalue weighted by Gasteiger charge is -2.64. The Kier molecular flexibility index (Phi) is 8.34. The van der Waals surface area contributed by atoms with Crippen molar-refractivity contribution in [1.82, 2.24) is 0 Å². The average Bonchev–Trinajstić information content (AvgIpc) is 3.54. The van der Waals surface area contributed by atoms with Crippen LogP contribution in [0.25, 0.3) is 0 Å². The molecule has 0 aromatic heterocycles. The number of fused-ring (bicyclic) bond motifs is 1. The highest BCUT2D eigenvalue weighted by molar-refractivity contribution is 6.00. The fraction of sp³-hybridized carbons (Fsp3) is 0.738. The number of hydrogen-bond donors (Lipinski definition) is 3. The van der Waals surface area contributed by atoms with E-state index in [9.17, 15) is 20.1 Å². The number of carbonyl (C=O) groups is 1. The van der Waals surface area contributed by atoms with Gasteiger partial charge in [0.2, 0.25) is 0 Å². The molecule has 4 aliphatic heterocycles. The van der Waals surface area contributed by atoms with Crippen LogP contribution in [0, 0.1) is 58.2 Å². The summed E-state index contributed by atoms with van der Waals surface area (Å²) in [5, 5.41) is 34.7. The van der Waals surface area contributed by atoms with Gasteiger partial charge in [0, 0.05) is 11.3 Å². The Balaban J connectivity index is 1.24. The van der Waals surface area contributed by atoms with Crippen molar-refractivity contribution in [2.75, 3.05) is 19.8 Å². The van der Waals surface area contributed by atoms with E-state index in [2.05, 4.69) is 37.8 Å². The number of benzene rings is 1. The SMILES string of the molecule is C[C@@H]1[C@@H](C)[C@H](CO)O[C@@H]1[C@@H](O)[C@@](C)(O)[C@H]1C[C@H]2CCC3=C4[C@@H]5CC[C@@]1(C)[C@]42OCC#C[C@@H](c1ccccc1)CO[C@H]1CC[C@@]5(C)[C@@H](C1)C3=O. The van der Waals surface area contributed by atoms with Crippen LogP contribution in [0.2, 0.25) is 0 Å². The summed E-state index contributed by atoms with van der Waals surface area (Å²) < 4.78 is 20.2. The topological polar surface area (TPSA) is 105 Å². The zero-order chi connectivity index (χ0) is 34.5. The molecule has 7 bridgehead atoms. The summed E-state index contributed by atoms with van der Waals surface area (Å²) in [7, 11) is 0. The van der Waals surface area contributed by atoms with Gasteiger partial charge in [-0.1, -0.05) is 69.9 Å². The van der Waals surface area contributed by atoms with E-state index in [1.807, 2.05) is 32.0 Å². The zero-order valence-corrected chi connectivity index (χ0v) is 30.0. The molecule has 1 saturated heterocycles. The summed E-state index contributed by atoms with van der Waals surface area (Å²) in [5.41, 5.74) is 0.375. The van der Waals surface area contributed by atoms with Crippen LogP contribution >= 0.6 is 0 Å². The molecule has 49 heavy (non-hydrogen) atoms. The Hall–Kier alpha value is -2.05. The van der Waals surface area contributed by atoms with Crippen molar-refractivity contribution in [3.63, 3.8) is 0 Å². The number of rotatable bonds is 5. The molecular weight excluding hydrogens is 616 g/mol. The van der Waals surface area contributed by atoms with E-state index in [0.717, 1.165) is 56.1 Å². The van der Waals surface area contributed by atoms with Gasteiger partial charge < -0.3 is 29.5 Å². The lowest BCUT2D eigenvalue weighted by molar-refractivity contribution is -0.209. The fourth-order valence-corrected chi connectivity index (χ4v) is 12.7. The van der Waals surface area contributed by atoms with Gasteiger partial charge in [0.15, 0.2) is 5.78 Å². The predicted octanol–water partition coefficient (Wildman–Crippen LogP) is 5.60. The quantitative estimate of drug-likeness (QED) is 0.350. The first kappa shape index (κ1) is 34.1. The smallest absolute Gasteiger partial charge is 0.162 e. The van der Waals surface area contributed by atoms with Crippen molar-refractivity contribution < 1.29 is 34.3 Å². The Morgan fingerprint density at radius 3 is 2.55 bits per heavy atom. The molecule has 10 rings (SSSR count). The zero-order valence-electron chi connectivity index (χ0n) is 30.0. The number of ether oxygens (including phenoxy) is 3. The van der Waals surface area contributed by atoms with Gasteiger partial charge in [-0.05, 0) is 110 Å². The third kappa shape index (κ3) is 4.73. The molecule has 0 radical (unpaired) electrons. The van der Waals surface area contributed by atoms with Gasteiger partial charge in [0.1, 0.15) is 12.7 Å². The van der Waals surface area contributed by atoms with Gasteiger partial charge in [0.05, 0.1) is 48.6 Å². The van der Waals surface area contributed by atoms with Gasteiger partial charge in [-0.2, -0.15) is 0 Å². The fourth-order valence-electron chi connectivity index (χ4n) is 12.7. The van der Waals surface area contributed by atoms with Crippen LogP contribution in [0.4, 0.5) is 0 Å². The van der Waals surface area contributed by atoms with E-state index in [1.165, 1.54) is 5.57 Å². The summed E-state index contributed by atoms with van der Waals surface area (Å²) in [6, 6.07) is 10.3. The summed E-state index contributed by atoms with van der Waals surface area (Å²) >= 11 is 0. The average molecular weight is 673 g/mol. The van der Waals surface area contributed by atoms with E-state index in [0.29, 0.717) is 18.8 Å². The Morgan fingerprint density at radius 2 is 1.82 bits per heavy atom. The normalized spacial score (nSPS) is 47.7. The van der Waals surface area contributed by atoms with Crippen molar-refractivity contribution in [3.8, 4) is 11.8 Å². The third-order valence-electron chi connectivity index (χ3n) is 15.6. The predicted molar refractivity (Wildman–Crippen MR) is 185 cm³/mol. The van der Waals surface area contributed by atoms with Gasteiger partial charge in [0.25, 0.3) is 0 Å². The summed E-state index contributed by atoms with van der Waals surface area (Å²) in [5.74, 6) is 7.15. The highest BCUT2D eigenvalue weighted by atomic mass is 16.5. The van der Waals surface area contributed by atoms with Crippen molar-refractivity contribution in [2.24, 2.45) is 46.3 Å². The summed E-state index contributed by atoms with van der Waals surface area (Å²) in [6.45, 7) is 11.1. The molecule has 4 fully saturated rings. The molecule has 5 aliphatic carbocycles. The second-order valence-electron chi connectivity index (χ2n) is 17.6. The number of carbonyl (C=O) groups excluding carboxylic acids is 1. The molecule has 4 heterocycles. The Morgan fingerprint density at radius 1 is 1.04 bits per heavy atom. The number of allylic oxidation sites excluding steroid dienone is 1. The Bertz CT molecular complexity index is 1560. The molecule has 7 heteroatoms. The van der Waals surface area contributed by atoms with E-state index in [-0.39, 0.29) is 72.3 Å². The van der Waals surface area contributed by atoms with Gasteiger partial charge in [-0.15, -0.1) is 0 Å². The molecule has 0 unspecified atom stereocenters. The molecule has 15 atom stereocenters. The number of hydrogen-bond acceptors (Lipinski definition) is 7. The molecule has 7 nitrogen and oxygen atoms in total.